The second-order valence-corrected chi connectivity index (χ2v) is 9.59. The molecule has 3 atom stereocenters. The van der Waals surface area contributed by atoms with Crippen LogP contribution in [0, 0.1) is 22.7 Å². The molecule has 3 aliphatic rings. The topological polar surface area (TPSA) is 78.9 Å². The van der Waals surface area contributed by atoms with Crippen LogP contribution in [0.3, 0.4) is 0 Å². The van der Waals surface area contributed by atoms with Gasteiger partial charge in [0.2, 0.25) is 0 Å². The van der Waals surface area contributed by atoms with Crippen molar-refractivity contribution in [2.75, 3.05) is 13.2 Å². The molecule has 0 unspecified atom stereocenters. The predicted molar refractivity (Wildman–Crippen MR) is 107 cm³/mol. The molecule has 0 radical (unpaired) electrons. The molecule has 0 aromatic heterocycles. The molecule has 2 fully saturated rings. The molecular weight excluding hydrogens is 372 g/mol. The van der Waals surface area contributed by atoms with Crippen molar-refractivity contribution < 1.29 is 28.6 Å². The van der Waals surface area contributed by atoms with Gasteiger partial charge in [0.25, 0.3) is 0 Å². The van der Waals surface area contributed by atoms with E-state index in [1.54, 1.807) is 12.2 Å². The van der Waals surface area contributed by atoms with Crippen molar-refractivity contribution in [1.29, 1.82) is 0 Å². The van der Waals surface area contributed by atoms with E-state index in [2.05, 4.69) is 13.8 Å². The van der Waals surface area contributed by atoms with Crippen molar-refractivity contribution in [2.45, 2.75) is 65.8 Å². The lowest BCUT2D eigenvalue weighted by Gasteiger charge is -2.36. The standard InChI is InChI=1S/C23H32O6/c1-15(24)29-20(22(4)9-6-16(25)7-10-22)17-14-21(2,3)18(19(17)26)8-11-23(5)27-12-13-28-23/h6-7,9-10,17-18,20H,8,11-14H2,1-5H3/t17-,18+,20-/m0/s1. The quantitative estimate of drug-likeness (QED) is 0.632. The van der Waals surface area contributed by atoms with E-state index in [4.69, 9.17) is 14.2 Å². The first-order valence-electron chi connectivity index (χ1n) is 10.4. The van der Waals surface area contributed by atoms with Gasteiger partial charge in [-0.25, -0.2) is 0 Å². The SMILES string of the molecule is CC(=O)O[C@@H]([C@H]1CC(C)(C)[C@H](CCC2(C)OCCO2)C1=O)C1(C)C=CC(=O)C=C1. The zero-order valence-electron chi connectivity index (χ0n) is 18.0. The summed E-state index contributed by atoms with van der Waals surface area (Å²) in [6.07, 6.45) is 7.73. The van der Waals surface area contributed by atoms with E-state index >= 15 is 0 Å². The van der Waals surface area contributed by atoms with Gasteiger partial charge in [0.05, 0.1) is 19.1 Å². The van der Waals surface area contributed by atoms with Crippen molar-refractivity contribution >= 4 is 17.5 Å². The number of rotatable bonds is 6. The van der Waals surface area contributed by atoms with Crippen molar-refractivity contribution in [3.05, 3.63) is 24.3 Å². The summed E-state index contributed by atoms with van der Waals surface area (Å²) in [5, 5.41) is 0. The third kappa shape index (κ3) is 4.53. The van der Waals surface area contributed by atoms with Gasteiger partial charge < -0.3 is 14.2 Å². The molecule has 0 N–H and O–H groups in total. The van der Waals surface area contributed by atoms with Crippen LogP contribution in [0.5, 0.6) is 0 Å². The van der Waals surface area contributed by atoms with Crippen LogP contribution in [-0.2, 0) is 28.6 Å². The fourth-order valence-electron chi connectivity index (χ4n) is 5.00. The molecular formula is C23H32O6. The molecule has 1 saturated carbocycles. The molecule has 3 rings (SSSR count). The summed E-state index contributed by atoms with van der Waals surface area (Å²) in [5.41, 5.74) is -0.933. The first-order chi connectivity index (χ1) is 13.5. The van der Waals surface area contributed by atoms with Crippen LogP contribution in [0.25, 0.3) is 0 Å². The first kappa shape index (κ1) is 21.9. The Morgan fingerprint density at radius 3 is 2.28 bits per heavy atom. The van der Waals surface area contributed by atoms with Crippen LogP contribution in [0.15, 0.2) is 24.3 Å². The van der Waals surface area contributed by atoms with Gasteiger partial charge in [-0.2, -0.15) is 0 Å². The molecule has 6 nitrogen and oxygen atoms in total. The summed E-state index contributed by atoms with van der Waals surface area (Å²) in [7, 11) is 0. The average molecular weight is 405 g/mol. The third-order valence-corrected chi connectivity index (χ3v) is 6.67. The van der Waals surface area contributed by atoms with Crippen molar-refractivity contribution in [1.82, 2.24) is 0 Å². The van der Waals surface area contributed by atoms with Crippen LogP contribution in [0.4, 0.5) is 0 Å². The van der Waals surface area contributed by atoms with Crippen molar-refractivity contribution in [2.24, 2.45) is 22.7 Å². The summed E-state index contributed by atoms with van der Waals surface area (Å²) in [6.45, 7) is 10.5. The molecule has 0 spiro atoms. The van der Waals surface area contributed by atoms with E-state index < -0.39 is 29.2 Å². The van der Waals surface area contributed by atoms with Crippen LogP contribution in [0.2, 0.25) is 0 Å². The Morgan fingerprint density at radius 1 is 1.14 bits per heavy atom. The van der Waals surface area contributed by atoms with Crippen LogP contribution in [-0.4, -0.2) is 42.6 Å². The Balaban J connectivity index is 1.82. The maximum Gasteiger partial charge on any atom is 0.302 e. The highest BCUT2D eigenvalue weighted by Gasteiger charge is 2.54. The van der Waals surface area contributed by atoms with Gasteiger partial charge >= 0.3 is 5.97 Å². The number of hydrogen-bond donors (Lipinski definition) is 0. The minimum Gasteiger partial charge on any atom is -0.461 e. The smallest absolute Gasteiger partial charge is 0.302 e. The van der Waals surface area contributed by atoms with Gasteiger partial charge in [0, 0.05) is 24.7 Å². The Hall–Kier alpha value is -1.79. The van der Waals surface area contributed by atoms with Gasteiger partial charge in [-0.1, -0.05) is 26.0 Å². The lowest BCUT2D eigenvalue weighted by Crippen LogP contribution is -2.42. The van der Waals surface area contributed by atoms with E-state index in [0.29, 0.717) is 32.5 Å². The predicted octanol–water partition coefficient (Wildman–Crippen LogP) is 3.39. The molecule has 0 amide bonds. The summed E-state index contributed by atoms with van der Waals surface area (Å²) in [5.74, 6) is -1.65. The van der Waals surface area contributed by atoms with Crippen LogP contribution in [0.1, 0.15) is 53.9 Å². The second-order valence-electron chi connectivity index (χ2n) is 9.59. The number of carbonyl (C=O) groups excluding carboxylic acids is 3. The van der Waals surface area contributed by atoms with Gasteiger partial charge in [0.15, 0.2) is 11.6 Å². The molecule has 1 aliphatic heterocycles. The minimum absolute atomic E-state index is 0.107. The van der Waals surface area contributed by atoms with Crippen LogP contribution >= 0.6 is 0 Å². The molecule has 1 heterocycles. The summed E-state index contributed by atoms with van der Waals surface area (Å²) >= 11 is 0. The van der Waals surface area contributed by atoms with Crippen molar-refractivity contribution in [3.63, 3.8) is 0 Å². The molecule has 0 aromatic rings. The zero-order chi connectivity index (χ0) is 21.4. The number of ether oxygens (including phenoxy) is 3. The molecule has 6 heteroatoms. The summed E-state index contributed by atoms with van der Waals surface area (Å²) in [6, 6.07) is 0. The molecule has 0 bridgehead atoms. The fourth-order valence-corrected chi connectivity index (χ4v) is 5.00. The number of esters is 1. The molecule has 0 aromatic carbocycles. The van der Waals surface area contributed by atoms with Crippen LogP contribution < -0.4 is 0 Å². The fraction of sp³-hybridized carbons (Fsp3) is 0.696. The van der Waals surface area contributed by atoms with E-state index in [0.717, 1.165) is 0 Å². The first-order valence-corrected chi connectivity index (χ1v) is 10.4. The average Bonchev–Trinajstić information content (AvgIpc) is 3.15. The number of allylic oxidation sites excluding steroid dienone is 2. The van der Waals surface area contributed by atoms with E-state index in [1.807, 2.05) is 13.8 Å². The monoisotopic (exact) mass is 404 g/mol. The Morgan fingerprint density at radius 2 is 1.72 bits per heavy atom. The number of Topliss-reactive ketones (excluding diaryl/α,β-unsaturated/α-hetero) is 1. The summed E-state index contributed by atoms with van der Waals surface area (Å²) < 4.78 is 17.1. The molecule has 29 heavy (non-hydrogen) atoms. The van der Waals surface area contributed by atoms with E-state index in [-0.39, 0.29) is 22.9 Å². The van der Waals surface area contributed by atoms with Gasteiger partial charge in [-0.05, 0) is 44.3 Å². The highest BCUT2D eigenvalue weighted by Crippen LogP contribution is 2.51. The van der Waals surface area contributed by atoms with Gasteiger partial charge in [-0.15, -0.1) is 0 Å². The largest absolute Gasteiger partial charge is 0.461 e. The van der Waals surface area contributed by atoms with Gasteiger partial charge in [0.1, 0.15) is 11.9 Å². The maximum absolute atomic E-state index is 13.5. The molecule has 2 aliphatic carbocycles. The van der Waals surface area contributed by atoms with Crippen molar-refractivity contribution in [3.8, 4) is 0 Å². The molecule has 160 valence electrons. The molecule has 1 saturated heterocycles. The summed E-state index contributed by atoms with van der Waals surface area (Å²) in [4.78, 5) is 37.0. The zero-order valence-corrected chi connectivity index (χ0v) is 18.0. The Bertz CT molecular complexity index is 724. The highest BCUT2D eigenvalue weighted by molar-refractivity contribution is 6.00. The van der Waals surface area contributed by atoms with E-state index in [1.165, 1.54) is 19.1 Å². The Labute approximate surface area is 172 Å². The lowest BCUT2D eigenvalue weighted by molar-refractivity contribution is -0.156. The third-order valence-electron chi connectivity index (χ3n) is 6.67. The number of ketones is 2. The maximum atomic E-state index is 13.5. The number of carbonyl (C=O) groups is 3. The minimum atomic E-state index is -0.700. The normalized spacial score (nSPS) is 30.5. The van der Waals surface area contributed by atoms with Gasteiger partial charge in [-0.3, -0.25) is 14.4 Å². The second kappa shape index (κ2) is 7.80. The Kier molecular flexibility index (Phi) is 5.89. The lowest BCUT2D eigenvalue weighted by atomic mass is 9.73. The van der Waals surface area contributed by atoms with E-state index in [9.17, 15) is 14.4 Å². The highest BCUT2D eigenvalue weighted by atomic mass is 16.7. The number of hydrogen-bond acceptors (Lipinski definition) is 6.